The first kappa shape index (κ1) is 23.4. The lowest BCUT2D eigenvalue weighted by Crippen LogP contribution is -2.49. The maximum atomic E-state index is 13.8. The van der Waals surface area contributed by atoms with Gasteiger partial charge in [-0.2, -0.15) is 13.2 Å². The summed E-state index contributed by atoms with van der Waals surface area (Å²) in [7, 11) is 0. The van der Waals surface area contributed by atoms with Crippen LogP contribution < -0.4 is 0 Å². The number of nitrogens with zero attached hydrogens (tertiary/aromatic N) is 2. The van der Waals surface area contributed by atoms with Crippen LogP contribution >= 0.6 is 11.3 Å². The Bertz CT molecular complexity index is 1410. The first-order valence-corrected chi connectivity index (χ1v) is 13.8. The Morgan fingerprint density at radius 3 is 2.35 bits per heavy atom. The van der Waals surface area contributed by atoms with Crippen LogP contribution in [0.25, 0.3) is 21.5 Å². The van der Waals surface area contributed by atoms with Gasteiger partial charge in [-0.15, -0.1) is 11.3 Å². The van der Waals surface area contributed by atoms with Gasteiger partial charge < -0.3 is 9.26 Å². The van der Waals surface area contributed by atoms with Crippen LogP contribution in [0.3, 0.4) is 0 Å². The molecule has 4 aromatic rings. The Balaban J connectivity index is 1.14. The molecule has 4 aliphatic carbocycles. The van der Waals surface area contributed by atoms with Crippen molar-refractivity contribution in [2.45, 2.75) is 81.1 Å². The quantitative estimate of drug-likeness (QED) is 0.254. The number of ether oxygens (including phenoxy) is 1. The van der Waals surface area contributed by atoms with Crippen molar-refractivity contribution < 1.29 is 22.4 Å². The third kappa shape index (κ3) is 4.00. The third-order valence-corrected chi connectivity index (χ3v) is 9.98. The van der Waals surface area contributed by atoms with E-state index in [2.05, 4.69) is 23.4 Å². The van der Waals surface area contributed by atoms with Crippen LogP contribution in [0.5, 0.6) is 0 Å². The molecule has 0 atom stereocenters. The highest BCUT2D eigenvalue weighted by molar-refractivity contribution is 7.18. The second kappa shape index (κ2) is 8.40. The third-order valence-electron chi connectivity index (χ3n) is 8.70. The van der Waals surface area contributed by atoms with Crippen LogP contribution in [0.1, 0.15) is 79.2 Å². The smallest absolute Gasteiger partial charge is 0.370 e. The predicted octanol–water partition coefficient (Wildman–Crippen LogP) is 8.41. The van der Waals surface area contributed by atoms with Gasteiger partial charge >= 0.3 is 6.18 Å². The SMILES string of the molecule is FC(F)(F)c1ccccc1-c1noc(C2CC2)c1COC12CCC(c3nc4ccccc4s3)(CC1)CC2. The monoisotopic (exact) mass is 524 g/mol. The van der Waals surface area contributed by atoms with Crippen molar-refractivity contribution in [3.63, 3.8) is 0 Å². The van der Waals surface area contributed by atoms with Gasteiger partial charge in [0.25, 0.3) is 0 Å². The number of fused-ring (bicyclic) bond motifs is 4. The highest BCUT2D eigenvalue weighted by atomic mass is 32.1. The van der Waals surface area contributed by atoms with E-state index >= 15 is 0 Å². The summed E-state index contributed by atoms with van der Waals surface area (Å²) in [4.78, 5) is 4.99. The average Bonchev–Trinajstić information content (AvgIpc) is 3.51. The number of para-hydroxylation sites is 1. The van der Waals surface area contributed by atoms with Crippen molar-refractivity contribution in [1.82, 2.24) is 10.1 Å². The molecule has 0 amide bonds. The second-order valence-corrected chi connectivity index (χ2v) is 12.0. The Morgan fingerprint density at radius 2 is 1.65 bits per heavy atom. The highest BCUT2D eigenvalue weighted by Gasteiger charge is 2.52. The molecular formula is C29H27F3N2O2S. The molecule has 4 saturated carbocycles. The van der Waals surface area contributed by atoms with Crippen molar-refractivity contribution in [1.29, 1.82) is 0 Å². The summed E-state index contributed by atoms with van der Waals surface area (Å²) in [6.45, 7) is 0.227. The molecule has 4 nitrogen and oxygen atoms in total. The molecule has 0 radical (unpaired) electrons. The van der Waals surface area contributed by atoms with Gasteiger partial charge in [-0.3, -0.25) is 0 Å². The van der Waals surface area contributed by atoms with Crippen LogP contribution in [0.15, 0.2) is 53.1 Å². The van der Waals surface area contributed by atoms with Gasteiger partial charge in [0, 0.05) is 22.5 Å². The minimum absolute atomic E-state index is 0.0592. The number of alkyl halides is 3. The Labute approximate surface area is 216 Å². The number of thiazole rings is 1. The van der Waals surface area contributed by atoms with Gasteiger partial charge in [0.05, 0.1) is 33.0 Å². The normalized spacial score (nSPS) is 25.7. The zero-order valence-electron chi connectivity index (χ0n) is 20.3. The van der Waals surface area contributed by atoms with E-state index in [0.717, 1.165) is 62.9 Å². The number of hydrogen-bond donors (Lipinski definition) is 0. The van der Waals surface area contributed by atoms with Crippen molar-refractivity contribution >= 4 is 21.6 Å². The first-order valence-electron chi connectivity index (χ1n) is 13.0. The molecule has 0 spiro atoms. The zero-order chi connectivity index (χ0) is 25.3. The molecule has 192 valence electrons. The van der Waals surface area contributed by atoms with Crippen molar-refractivity contribution in [2.75, 3.05) is 0 Å². The molecule has 2 bridgehead atoms. The molecule has 0 unspecified atom stereocenters. The number of aromatic nitrogens is 2. The van der Waals surface area contributed by atoms with Crippen LogP contribution in [-0.4, -0.2) is 15.7 Å². The van der Waals surface area contributed by atoms with E-state index < -0.39 is 11.7 Å². The summed E-state index contributed by atoms with van der Waals surface area (Å²) in [6.07, 6.45) is 3.34. The van der Waals surface area contributed by atoms with E-state index in [1.54, 1.807) is 6.07 Å². The van der Waals surface area contributed by atoms with Gasteiger partial charge in [-0.25, -0.2) is 4.98 Å². The molecule has 2 aromatic heterocycles. The fraction of sp³-hybridized carbons (Fsp3) is 0.448. The van der Waals surface area contributed by atoms with Gasteiger partial charge in [-0.05, 0) is 69.6 Å². The molecule has 0 saturated heterocycles. The summed E-state index contributed by atoms with van der Waals surface area (Å²) in [5.41, 5.74) is 1.25. The Hall–Kier alpha value is -2.71. The number of rotatable bonds is 6. The summed E-state index contributed by atoms with van der Waals surface area (Å²) < 4.78 is 54.9. The van der Waals surface area contributed by atoms with E-state index in [4.69, 9.17) is 14.2 Å². The Morgan fingerprint density at radius 1 is 0.946 bits per heavy atom. The molecule has 8 heteroatoms. The predicted molar refractivity (Wildman–Crippen MR) is 135 cm³/mol. The lowest BCUT2D eigenvalue weighted by molar-refractivity contribution is -0.137. The molecule has 37 heavy (non-hydrogen) atoms. The average molecular weight is 525 g/mol. The van der Waals surface area contributed by atoms with Crippen molar-refractivity contribution in [2.24, 2.45) is 0 Å². The number of halogens is 3. The molecular weight excluding hydrogens is 497 g/mol. The minimum Gasteiger partial charge on any atom is -0.370 e. The van der Waals surface area contributed by atoms with Gasteiger partial charge in [0.15, 0.2) is 0 Å². The maximum Gasteiger partial charge on any atom is 0.417 e. The van der Waals surface area contributed by atoms with Gasteiger partial charge in [-0.1, -0.05) is 35.5 Å². The lowest BCUT2D eigenvalue weighted by atomic mass is 9.59. The molecule has 0 N–H and O–H groups in total. The minimum atomic E-state index is -4.47. The van der Waals surface area contributed by atoms with E-state index in [1.165, 1.54) is 21.8 Å². The van der Waals surface area contributed by atoms with Gasteiger partial charge in [0.2, 0.25) is 0 Å². The number of hydrogen-bond acceptors (Lipinski definition) is 5. The van der Waals surface area contributed by atoms with E-state index in [-0.39, 0.29) is 34.8 Å². The van der Waals surface area contributed by atoms with Crippen molar-refractivity contribution in [3.05, 3.63) is 70.4 Å². The van der Waals surface area contributed by atoms with Crippen LogP contribution in [0.4, 0.5) is 13.2 Å². The van der Waals surface area contributed by atoms with E-state index in [9.17, 15) is 13.2 Å². The van der Waals surface area contributed by atoms with Gasteiger partial charge in [0.1, 0.15) is 11.5 Å². The summed E-state index contributed by atoms with van der Waals surface area (Å²) in [5, 5.41) is 5.39. The summed E-state index contributed by atoms with van der Waals surface area (Å²) in [5.74, 6) is 0.915. The molecule has 2 heterocycles. The topological polar surface area (TPSA) is 48.2 Å². The van der Waals surface area contributed by atoms with E-state index in [1.807, 2.05) is 17.4 Å². The van der Waals surface area contributed by atoms with Crippen molar-refractivity contribution in [3.8, 4) is 11.3 Å². The zero-order valence-corrected chi connectivity index (χ0v) is 21.1. The fourth-order valence-electron chi connectivity index (χ4n) is 6.29. The Kier molecular flexibility index (Phi) is 5.31. The lowest BCUT2D eigenvalue weighted by Gasteiger charge is -2.52. The largest absolute Gasteiger partial charge is 0.417 e. The standard InChI is InChI=1S/C29H27F3N2O2S/c30-29(31,32)21-6-2-1-5-19(21)24-20(25(36-34-24)18-9-10-18)17-35-28-14-11-27(12-15-28,13-16-28)26-33-22-7-3-4-8-23(22)37-26/h1-8,18H,9-17H2. The number of benzene rings is 2. The molecule has 2 aromatic carbocycles. The van der Waals surface area contributed by atoms with Crippen LogP contribution in [-0.2, 0) is 22.9 Å². The van der Waals surface area contributed by atoms with Crippen LogP contribution in [0.2, 0.25) is 0 Å². The fourth-order valence-corrected chi connectivity index (χ4v) is 7.53. The maximum absolute atomic E-state index is 13.8. The molecule has 4 aliphatic rings. The second-order valence-electron chi connectivity index (χ2n) is 10.9. The summed E-state index contributed by atoms with van der Waals surface area (Å²) >= 11 is 1.81. The molecule has 0 aliphatic heterocycles. The molecule has 8 rings (SSSR count). The summed E-state index contributed by atoms with van der Waals surface area (Å²) in [6, 6.07) is 13.9. The van der Waals surface area contributed by atoms with E-state index in [0.29, 0.717) is 11.3 Å². The van der Waals surface area contributed by atoms with Crippen LogP contribution in [0, 0.1) is 0 Å². The highest BCUT2D eigenvalue weighted by Crippen LogP contribution is 2.56. The first-order chi connectivity index (χ1) is 17.9. The molecule has 4 fully saturated rings.